The highest BCUT2D eigenvalue weighted by Gasteiger charge is 2.12. The highest BCUT2D eigenvalue weighted by molar-refractivity contribution is 7.89. The molecule has 0 saturated heterocycles. The predicted octanol–water partition coefficient (Wildman–Crippen LogP) is 4.41. The fraction of sp³-hybridized carbons (Fsp3) is 0.647. The summed E-state index contributed by atoms with van der Waals surface area (Å²) in [5.74, 6) is 0. The van der Waals surface area contributed by atoms with Crippen LogP contribution in [-0.4, -0.2) is 15.0 Å². The van der Waals surface area contributed by atoms with E-state index in [9.17, 15) is 8.42 Å². The minimum absolute atomic E-state index is 0.354. The molecule has 0 aliphatic heterocycles. The SMILES string of the molecule is CCCCCCCCCCNS(=O)(=O)c1ccc(C)cc1. The van der Waals surface area contributed by atoms with E-state index in [2.05, 4.69) is 11.6 Å². The molecule has 0 fully saturated rings. The molecule has 0 aromatic heterocycles. The first-order valence-electron chi connectivity index (χ1n) is 8.12. The summed E-state index contributed by atoms with van der Waals surface area (Å²) in [6.45, 7) is 4.70. The van der Waals surface area contributed by atoms with E-state index in [1.165, 1.54) is 38.5 Å². The molecule has 0 aliphatic carbocycles. The fourth-order valence-electron chi connectivity index (χ4n) is 2.27. The standard InChI is InChI=1S/C17H29NO2S/c1-3-4-5-6-7-8-9-10-15-18-21(19,20)17-13-11-16(2)12-14-17/h11-14,18H,3-10,15H2,1-2H3. The second kappa shape index (κ2) is 9.96. The molecular formula is C17H29NO2S. The Morgan fingerprint density at radius 3 is 1.95 bits per heavy atom. The molecule has 0 atom stereocenters. The van der Waals surface area contributed by atoms with Gasteiger partial charge in [0.15, 0.2) is 0 Å². The molecule has 120 valence electrons. The van der Waals surface area contributed by atoms with Crippen LogP contribution in [0.4, 0.5) is 0 Å². The molecule has 0 saturated carbocycles. The zero-order valence-corrected chi connectivity index (χ0v) is 14.2. The minimum Gasteiger partial charge on any atom is -0.211 e. The number of benzene rings is 1. The number of nitrogens with one attached hydrogen (secondary N) is 1. The molecule has 1 N–H and O–H groups in total. The van der Waals surface area contributed by atoms with Gasteiger partial charge in [0.25, 0.3) is 0 Å². The Bertz CT molecular complexity index is 480. The molecule has 4 heteroatoms. The van der Waals surface area contributed by atoms with Gasteiger partial charge in [0.05, 0.1) is 4.90 Å². The number of hydrogen-bond donors (Lipinski definition) is 1. The Morgan fingerprint density at radius 2 is 1.38 bits per heavy atom. The van der Waals surface area contributed by atoms with Gasteiger partial charge in [-0.2, -0.15) is 0 Å². The van der Waals surface area contributed by atoms with E-state index in [0.29, 0.717) is 11.4 Å². The minimum atomic E-state index is -3.33. The Kier molecular flexibility index (Phi) is 8.62. The first-order chi connectivity index (χ1) is 10.1. The van der Waals surface area contributed by atoms with Gasteiger partial charge in [0.1, 0.15) is 0 Å². The second-order valence-corrected chi connectivity index (χ2v) is 7.45. The van der Waals surface area contributed by atoms with Crippen LogP contribution in [0.2, 0.25) is 0 Å². The summed E-state index contributed by atoms with van der Waals surface area (Å²) in [5.41, 5.74) is 1.07. The van der Waals surface area contributed by atoms with Crippen molar-refractivity contribution < 1.29 is 8.42 Å². The smallest absolute Gasteiger partial charge is 0.211 e. The molecule has 0 radical (unpaired) electrons. The molecule has 0 heterocycles. The predicted molar refractivity (Wildman–Crippen MR) is 89.0 cm³/mol. The molecule has 0 aliphatic rings. The molecule has 1 rings (SSSR count). The maximum absolute atomic E-state index is 12.0. The van der Waals surface area contributed by atoms with Crippen molar-refractivity contribution in [1.82, 2.24) is 4.72 Å². The van der Waals surface area contributed by atoms with Crippen LogP contribution < -0.4 is 4.72 Å². The van der Waals surface area contributed by atoms with Crippen LogP contribution in [0.1, 0.15) is 63.9 Å². The van der Waals surface area contributed by atoms with Crippen molar-refractivity contribution >= 4 is 10.0 Å². The number of unbranched alkanes of at least 4 members (excludes halogenated alkanes) is 7. The van der Waals surface area contributed by atoms with Crippen LogP contribution in [0.15, 0.2) is 29.2 Å². The normalized spacial score (nSPS) is 11.7. The highest BCUT2D eigenvalue weighted by atomic mass is 32.2. The summed E-state index contributed by atoms with van der Waals surface area (Å²) < 4.78 is 26.8. The van der Waals surface area contributed by atoms with Crippen molar-refractivity contribution in [3.8, 4) is 0 Å². The summed E-state index contributed by atoms with van der Waals surface area (Å²) >= 11 is 0. The second-order valence-electron chi connectivity index (χ2n) is 5.69. The van der Waals surface area contributed by atoms with Gasteiger partial charge in [0, 0.05) is 6.54 Å². The van der Waals surface area contributed by atoms with Crippen molar-refractivity contribution in [2.75, 3.05) is 6.54 Å². The molecule has 1 aromatic carbocycles. The quantitative estimate of drug-likeness (QED) is 0.615. The van der Waals surface area contributed by atoms with Crippen LogP contribution >= 0.6 is 0 Å². The Hall–Kier alpha value is -0.870. The van der Waals surface area contributed by atoms with Gasteiger partial charge in [-0.05, 0) is 25.5 Å². The molecule has 0 amide bonds. The summed E-state index contributed by atoms with van der Waals surface area (Å²) in [6, 6.07) is 6.96. The fourth-order valence-corrected chi connectivity index (χ4v) is 3.34. The molecule has 0 unspecified atom stereocenters. The van der Waals surface area contributed by atoms with Gasteiger partial charge in [-0.1, -0.05) is 69.6 Å². The number of rotatable bonds is 11. The lowest BCUT2D eigenvalue weighted by Crippen LogP contribution is -2.24. The molecule has 0 spiro atoms. The maximum Gasteiger partial charge on any atom is 0.240 e. The van der Waals surface area contributed by atoms with Crippen LogP contribution in [0.25, 0.3) is 0 Å². The summed E-state index contributed by atoms with van der Waals surface area (Å²) in [7, 11) is -3.33. The van der Waals surface area contributed by atoms with Crippen molar-refractivity contribution in [3.05, 3.63) is 29.8 Å². The number of hydrogen-bond acceptors (Lipinski definition) is 2. The average molecular weight is 311 g/mol. The molecular weight excluding hydrogens is 282 g/mol. The van der Waals surface area contributed by atoms with Gasteiger partial charge in [-0.25, -0.2) is 13.1 Å². The van der Waals surface area contributed by atoms with E-state index in [4.69, 9.17) is 0 Å². The van der Waals surface area contributed by atoms with Crippen molar-refractivity contribution in [3.63, 3.8) is 0 Å². The monoisotopic (exact) mass is 311 g/mol. The first kappa shape index (κ1) is 18.2. The van der Waals surface area contributed by atoms with E-state index in [1.54, 1.807) is 12.1 Å². The van der Waals surface area contributed by atoms with Gasteiger partial charge in [-0.15, -0.1) is 0 Å². The lowest BCUT2D eigenvalue weighted by atomic mass is 10.1. The van der Waals surface area contributed by atoms with Crippen LogP contribution in [0.3, 0.4) is 0 Å². The highest BCUT2D eigenvalue weighted by Crippen LogP contribution is 2.11. The largest absolute Gasteiger partial charge is 0.240 e. The average Bonchev–Trinajstić information content (AvgIpc) is 2.46. The molecule has 1 aromatic rings. The Morgan fingerprint density at radius 1 is 0.857 bits per heavy atom. The van der Waals surface area contributed by atoms with Crippen molar-refractivity contribution in [2.24, 2.45) is 0 Å². The van der Waals surface area contributed by atoms with Crippen LogP contribution in [0.5, 0.6) is 0 Å². The number of sulfonamides is 1. The van der Waals surface area contributed by atoms with E-state index < -0.39 is 10.0 Å². The first-order valence-corrected chi connectivity index (χ1v) is 9.61. The Balaban J connectivity index is 2.15. The van der Waals surface area contributed by atoms with Gasteiger partial charge in [-0.3, -0.25) is 0 Å². The zero-order valence-electron chi connectivity index (χ0n) is 13.4. The van der Waals surface area contributed by atoms with Crippen molar-refractivity contribution in [2.45, 2.75) is 70.1 Å². The molecule has 3 nitrogen and oxygen atoms in total. The van der Waals surface area contributed by atoms with Gasteiger partial charge < -0.3 is 0 Å². The van der Waals surface area contributed by atoms with Crippen molar-refractivity contribution in [1.29, 1.82) is 0 Å². The zero-order chi connectivity index (χ0) is 15.6. The third-order valence-corrected chi connectivity index (χ3v) is 5.13. The maximum atomic E-state index is 12.0. The summed E-state index contributed by atoms with van der Waals surface area (Å²) in [6.07, 6.45) is 9.73. The van der Waals surface area contributed by atoms with Crippen LogP contribution in [-0.2, 0) is 10.0 Å². The third kappa shape index (κ3) is 7.63. The van der Waals surface area contributed by atoms with E-state index >= 15 is 0 Å². The third-order valence-electron chi connectivity index (χ3n) is 3.65. The summed E-state index contributed by atoms with van der Waals surface area (Å²) in [4.78, 5) is 0.354. The van der Waals surface area contributed by atoms with Crippen LogP contribution in [0, 0.1) is 6.92 Å². The molecule has 21 heavy (non-hydrogen) atoms. The molecule has 0 bridgehead atoms. The van der Waals surface area contributed by atoms with Gasteiger partial charge in [0.2, 0.25) is 10.0 Å². The lowest BCUT2D eigenvalue weighted by molar-refractivity contribution is 0.559. The summed E-state index contributed by atoms with van der Waals surface area (Å²) in [5, 5.41) is 0. The van der Waals surface area contributed by atoms with E-state index in [-0.39, 0.29) is 0 Å². The Labute approximate surface area is 130 Å². The van der Waals surface area contributed by atoms with E-state index in [0.717, 1.165) is 18.4 Å². The topological polar surface area (TPSA) is 46.2 Å². The number of aryl methyl sites for hydroxylation is 1. The van der Waals surface area contributed by atoms with Gasteiger partial charge >= 0.3 is 0 Å². The van der Waals surface area contributed by atoms with E-state index in [1.807, 2.05) is 19.1 Å². The lowest BCUT2D eigenvalue weighted by Gasteiger charge is -2.07.